The second-order valence-corrected chi connectivity index (χ2v) is 5.05. The highest BCUT2D eigenvalue weighted by Gasteiger charge is 2.10. The number of ether oxygens (including phenoxy) is 1. The van der Waals surface area contributed by atoms with Gasteiger partial charge < -0.3 is 9.84 Å². The fraction of sp³-hybridized carbons (Fsp3) is 0.133. The Morgan fingerprint density at radius 2 is 1.90 bits per heavy atom. The van der Waals surface area contributed by atoms with Crippen molar-refractivity contribution in [3.63, 3.8) is 0 Å². The van der Waals surface area contributed by atoms with Gasteiger partial charge in [0.25, 0.3) is 0 Å². The van der Waals surface area contributed by atoms with Crippen LogP contribution in [-0.2, 0) is 11.2 Å². The predicted octanol–water partition coefficient (Wildman–Crippen LogP) is 4.30. The third kappa shape index (κ3) is 3.24. The minimum absolute atomic E-state index is 0.0433. The molecule has 2 rings (SSSR count). The van der Waals surface area contributed by atoms with Crippen LogP contribution in [0.4, 0.5) is 0 Å². The van der Waals surface area contributed by atoms with E-state index in [1.807, 2.05) is 6.07 Å². The lowest BCUT2D eigenvalue weighted by Crippen LogP contribution is -2.00. The Morgan fingerprint density at radius 3 is 2.50 bits per heavy atom. The Balaban J connectivity index is 2.51. The van der Waals surface area contributed by atoms with Crippen molar-refractivity contribution in [3.05, 3.63) is 52.0 Å². The molecule has 0 spiro atoms. The quantitative estimate of drug-likeness (QED) is 0.916. The largest absolute Gasteiger partial charge is 0.496 e. The number of hydrogen-bond donors (Lipinski definition) is 1. The number of halogens is 2. The molecule has 0 radical (unpaired) electrons. The summed E-state index contributed by atoms with van der Waals surface area (Å²) in [5.74, 6) is -0.229. The van der Waals surface area contributed by atoms with Crippen LogP contribution in [0.25, 0.3) is 11.1 Å². The second-order valence-electron chi connectivity index (χ2n) is 4.23. The van der Waals surface area contributed by atoms with Crippen molar-refractivity contribution in [3.8, 4) is 16.9 Å². The smallest absolute Gasteiger partial charge is 0.307 e. The van der Waals surface area contributed by atoms with Crippen molar-refractivity contribution in [1.82, 2.24) is 0 Å². The third-order valence-electron chi connectivity index (χ3n) is 2.85. The molecule has 0 saturated heterocycles. The van der Waals surface area contributed by atoms with Crippen molar-refractivity contribution in [2.24, 2.45) is 0 Å². The van der Waals surface area contributed by atoms with Crippen molar-refractivity contribution >= 4 is 29.2 Å². The first-order valence-corrected chi connectivity index (χ1v) is 6.61. The Hall–Kier alpha value is -1.71. The van der Waals surface area contributed by atoms with E-state index in [2.05, 4.69) is 0 Å². The van der Waals surface area contributed by atoms with Gasteiger partial charge in [-0.05, 0) is 35.4 Å². The summed E-state index contributed by atoms with van der Waals surface area (Å²) in [4.78, 5) is 10.8. The molecule has 2 aromatic carbocycles. The highest BCUT2D eigenvalue weighted by Crippen LogP contribution is 2.34. The Kier molecular flexibility index (Phi) is 4.53. The molecule has 5 heteroatoms. The van der Waals surface area contributed by atoms with Crippen molar-refractivity contribution < 1.29 is 14.6 Å². The van der Waals surface area contributed by atoms with E-state index in [1.165, 1.54) is 0 Å². The highest BCUT2D eigenvalue weighted by molar-refractivity contribution is 6.42. The van der Waals surface area contributed by atoms with Gasteiger partial charge in [0.15, 0.2) is 0 Å². The highest BCUT2D eigenvalue weighted by atomic mass is 35.5. The van der Waals surface area contributed by atoms with Gasteiger partial charge in [-0.3, -0.25) is 4.79 Å². The fourth-order valence-electron chi connectivity index (χ4n) is 1.93. The summed E-state index contributed by atoms with van der Waals surface area (Å²) in [7, 11) is 1.56. The molecular formula is C15H12Cl2O3. The van der Waals surface area contributed by atoms with Crippen molar-refractivity contribution in [1.29, 1.82) is 0 Å². The molecule has 3 nitrogen and oxygen atoms in total. The monoisotopic (exact) mass is 310 g/mol. The zero-order valence-electron chi connectivity index (χ0n) is 10.7. The molecule has 104 valence electrons. The normalized spacial score (nSPS) is 10.3. The van der Waals surface area contributed by atoms with Crippen LogP contribution in [0, 0.1) is 0 Å². The molecule has 0 aliphatic carbocycles. The molecule has 0 heterocycles. The fourth-order valence-corrected chi connectivity index (χ4v) is 2.23. The average molecular weight is 311 g/mol. The molecule has 0 aliphatic rings. The van der Waals surface area contributed by atoms with E-state index in [0.29, 0.717) is 21.4 Å². The summed E-state index contributed by atoms with van der Waals surface area (Å²) in [6, 6.07) is 10.5. The molecule has 2 aromatic rings. The number of rotatable bonds is 4. The molecule has 1 N–H and O–H groups in total. The van der Waals surface area contributed by atoms with Crippen LogP contribution in [0.15, 0.2) is 36.4 Å². The SMILES string of the molecule is COc1ccc(CC(=O)O)cc1-c1ccc(Cl)c(Cl)c1. The van der Waals surface area contributed by atoms with Crippen LogP contribution >= 0.6 is 23.2 Å². The minimum atomic E-state index is -0.879. The van der Waals surface area contributed by atoms with Gasteiger partial charge in [-0.1, -0.05) is 35.3 Å². The van der Waals surface area contributed by atoms with Crippen molar-refractivity contribution in [2.45, 2.75) is 6.42 Å². The van der Waals surface area contributed by atoms with E-state index in [1.54, 1.807) is 37.4 Å². The standard InChI is InChI=1S/C15H12Cl2O3/c1-20-14-5-2-9(7-15(18)19)6-11(14)10-3-4-12(16)13(17)8-10/h2-6,8H,7H2,1H3,(H,18,19). The molecule has 0 fully saturated rings. The van der Waals surface area contributed by atoms with Gasteiger partial charge in [-0.2, -0.15) is 0 Å². The average Bonchev–Trinajstić information content (AvgIpc) is 2.41. The number of aliphatic carboxylic acids is 1. The van der Waals surface area contributed by atoms with E-state index in [-0.39, 0.29) is 6.42 Å². The molecule has 20 heavy (non-hydrogen) atoms. The number of methoxy groups -OCH3 is 1. The van der Waals surface area contributed by atoms with Crippen LogP contribution in [0.2, 0.25) is 10.0 Å². The van der Waals surface area contributed by atoms with Crippen LogP contribution in [0.1, 0.15) is 5.56 Å². The lowest BCUT2D eigenvalue weighted by Gasteiger charge is -2.11. The minimum Gasteiger partial charge on any atom is -0.496 e. The van der Waals surface area contributed by atoms with Gasteiger partial charge in [-0.15, -0.1) is 0 Å². The van der Waals surface area contributed by atoms with Gasteiger partial charge in [0.05, 0.1) is 23.6 Å². The lowest BCUT2D eigenvalue weighted by atomic mass is 10.0. The van der Waals surface area contributed by atoms with E-state index in [4.69, 9.17) is 33.0 Å². The lowest BCUT2D eigenvalue weighted by molar-refractivity contribution is -0.136. The van der Waals surface area contributed by atoms with Crippen LogP contribution in [-0.4, -0.2) is 18.2 Å². The van der Waals surface area contributed by atoms with Gasteiger partial charge in [0.2, 0.25) is 0 Å². The molecule has 0 aliphatic heterocycles. The van der Waals surface area contributed by atoms with E-state index in [9.17, 15) is 4.79 Å². The zero-order valence-corrected chi connectivity index (χ0v) is 12.2. The first-order valence-electron chi connectivity index (χ1n) is 5.85. The molecule has 0 saturated carbocycles. The first-order chi connectivity index (χ1) is 9.51. The molecule has 0 amide bonds. The van der Waals surface area contributed by atoms with E-state index < -0.39 is 5.97 Å². The van der Waals surface area contributed by atoms with Gasteiger partial charge in [0.1, 0.15) is 5.75 Å². The topological polar surface area (TPSA) is 46.5 Å². The Morgan fingerprint density at radius 1 is 1.15 bits per heavy atom. The van der Waals surface area contributed by atoms with Crippen LogP contribution in [0.3, 0.4) is 0 Å². The number of carboxylic acid groups (broad SMARTS) is 1. The molecule has 0 aromatic heterocycles. The maximum Gasteiger partial charge on any atom is 0.307 e. The number of carboxylic acids is 1. The molecule has 0 bridgehead atoms. The van der Waals surface area contributed by atoms with Crippen molar-refractivity contribution in [2.75, 3.05) is 7.11 Å². The maximum absolute atomic E-state index is 10.8. The Labute approximate surface area is 126 Å². The summed E-state index contributed by atoms with van der Waals surface area (Å²) in [6.45, 7) is 0. The number of benzene rings is 2. The summed E-state index contributed by atoms with van der Waals surface area (Å²) in [5, 5.41) is 9.77. The van der Waals surface area contributed by atoms with Gasteiger partial charge >= 0.3 is 5.97 Å². The van der Waals surface area contributed by atoms with Crippen LogP contribution in [0.5, 0.6) is 5.75 Å². The second kappa shape index (κ2) is 6.16. The summed E-state index contributed by atoms with van der Waals surface area (Å²) < 4.78 is 5.31. The van der Waals surface area contributed by atoms with Gasteiger partial charge in [0, 0.05) is 5.56 Å². The third-order valence-corrected chi connectivity index (χ3v) is 3.59. The summed E-state index contributed by atoms with van der Waals surface area (Å²) in [6.07, 6.45) is -0.0433. The van der Waals surface area contributed by atoms with Crippen LogP contribution < -0.4 is 4.74 Å². The zero-order chi connectivity index (χ0) is 14.7. The molecular weight excluding hydrogens is 299 g/mol. The van der Waals surface area contributed by atoms with Gasteiger partial charge in [-0.25, -0.2) is 0 Å². The maximum atomic E-state index is 10.8. The number of carbonyl (C=O) groups is 1. The predicted molar refractivity (Wildman–Crippen MR) is 79.8 cm³/mol. The Bertz CT molecular complexity index is 654. The number of hydrogen-bond acceptors (Lipinski definition) is 2. The molecule has 0 unspecified atom stereocenters. The summed E-state index contributed by atoms with van der Waals surface area (Å²) >= 11 is 11.9. The molecule has 0 atom stereocenters. The van der Waals surface area contributed by atoms with E-state index in [0.717, 1.165) is 11.1 Å². The summed E-state index contributed by atoms with van der Waals surface area (Å²) in [5.41, 5.74) is 2.30. The van der Waals surface area contributed by atoms with E-state index >= 15 is 0 Å². The first kappa shape index (κ1) is 14.7.